The minimum Gasteiger partial charge on any atom is -0.493 e. The zero-order valence-electron chi connectivity index (χ0n) is 23.6. The van der Waals surface area contributed by atoms with E-state index in [1.54, 1.807) is 24.3 Å². The Morgan fingerprint density at radius 3 is 2.55 bits per heavy atom. The number of nitrogens with one attached hydrogen (secondary N) is 1. The lowest BCUT2D eigenvalue weighted by Gasteiger charge is -2.32. The smallest absolute Gasteiger partial charge is 0.332 e. The van der Waals surface area contributed by atoms with E-state index < -0.39 is 15.1 Å². The Hall–Kier alpha value is -4.20. The average Bonchev–Trinajstić information content (AvgIpc) is 3.35. The predicted molar refractivity (Wildman–Crippen MR) is 162 cm³/mol. The molecule has 6 rings (SSSR count). The first-order valence-corrected chi connectivity index (χ1v) is 15.4. The topological polar surface area (TPSA) is 108 Å². The zero-order chi connectivity index (χ0) is 29.8. The number of nitrogens with zero attached hydrogens (tertiary/aromatic N) is 3. The molecule has 8 nitrogen and oxygen atoms in total. The Labute approximate surface area is 243 Å². The maximum absolute atomic E-state index is 14.2. The van der Waals surface area contributed by atoms with E-state index >= 15 is 0 Å². The van der Waals surface area contributed by atoms with Gasteiger partial charge in [0.25, 0.3) is 0 Å². The predicted octanol–water partition coefficient (Wildman–Crippen LogP) is 6.13. The number of hydrogen-bond acceptors (Lipinski definition) is 6. The molecule has 0 unspecified atom stereocenters. The van der Waals surface area contributed by atoms with Crippen LogP contribution >= 0.6 is 0 Å². The van der Waals surface area contributed by atoms with Gasteiger partial charge >= 0.3 is 10.2 Å². The molecule has 1 aliphatic rings. The van der Waals surface area contributed by atoms with Crippen molar-refractivity contribution in [2.75, 3.05) is 26.7 Å². The number of nitriles is 1. The highest BCUT2D eigenvalue weighted by Crippen LogP contribution is 2.39. The fourth-order valence-electron chi connectivity index (χ4n) is 5.92. The van der Waals surface area contributed by atoms with Crippen molar-refractivity contribution >= 4 is 43.1 Å². The van der Waals surface area contributed by atoms with Gasteiger partial charge in [-0.3, -0.25) is 4.79 Å². The lowest BCUT2D eigenvalue weighted by molar-refractivity contribution is 0.226. The maximum atomic E-state index is 14.2. The van der Waals surface area contributed by atoms with Crippen LogP contribution in [0, 0.1) is 17.2 Å². The van der Waals surface area contributed by atoms with Crippen LogP contribution in [0.3, 0.4) is 0 Å². The standard InChI is InChI=1S/C32H31FN4O4S/c1-19(2)18-41-29-16-26-28(15-25(29)21-5-4-6-23(14-21)42(33,39)40)37(22-9-11-36(3)12-10-22)32-30(31(26)38)24-8-7-20(17-34)13-27(24)35-32/h4-8,13-16,19,22,35H,9-12,18H2,1-3H3. The van der Waals surface area contributed by atoms with Crippen LogP contribution in [-0.4, -0.2) is 49.6 Å². The molecule has 0 radical (unpaired) electrons. The van der Waals surface area contributed by atoms with Crippen LogP contribution in [0.5, 0.6) is 5.75 Å². The Morgan fingerprint density at radius 1 is 1.10 bits per heavy atom. The number of H-pyrrole nitrogens is 1. The van der Waals surface area contributed by atoms with E-state index in [1.807, 2.05) is 26.0 Å². The van der Waals surface area contributed by atoms with Gasteiger partial charge in [0.1, 0.15) is 11.4 Å². The second-order valence-electron chi connectivity index (χ2n) is 11.5. The molecule has 1 fully saturated rings. The van der Waals surface area contributed by atoms with Crippen molar-refractivity contribution < 1.29 is 17.0 Å². The van der Waals surface area contributed by atoms with Crippen LogP contribution in [0.1, 0.15) is 38.3 Å². The Balaban J connectivity index is 1.72. The molecule has 5 aromatic rings. The number of aromatic amines is 1. The number of piperidine rings is 1. The number of fused-ring (bicyclic) bond motifs is 4. The second kappa shape index (κ2) is 10.6. The summed E-state index contributed by atoms with van der Waals surface area (Å²) in [5.41, 5.74) is 3.41. The van der Waals surface area contributed by atoms with Crippen LogP contribution in [0.15, 0.2) is 64.3 Å². The normalized spacial score (nSPS) is 15.1. The van der Waals surface area contributed by atoms with E-state index in [2.05, 4.69) is 27.6 Å². The third-order valence-electron chi connectivity index (χ3n) is 8.03. The van der Waals surface area contributed by atoms with Crippen LogP contribution in [-0.2, 0) is 10.2 Å². The first-order valence-electron chi connectivity index (χ1n) is 14.0. The number of benzene rings is 3. The first kappa shape index (κ1) is 27.9. The third kappa shape index (κ3) is 4.93. The molecule has 0 atom stereocenters. The number of likely N-dealkylation sites (tertiary alicyclic amines) is 1. The fraction of sp³-hybridized carbons (Fsp3) is 0.312. The molecule has 216 valence electrons. The molecule has 1 saturated heterocycles. The number of rotatable bonds is 6. The van der Waals surface area contributed by atoms with Gasteiger partial charge < -0.3 is 19.2 Å². The summed E-state index contributed by atoms with van der Waals surface area (Å²) in [6.45, 7) is 6.16. The Kier molecular flexibility index (Phi) is 7.03. The molecule has 1 aliphatic heterocycles. The number of aromatic nitrogens is 2. The highest BCUT2D eigenvalue weighted by atomic mass is 32.3. The monoisotopic (exact) mass is 586 g/mol. The van der Waals surface area contributed by atoms with Crippen LogP contribution in [0.4, 0.5) is 3.89 Å². The van der Waals surface area contributed by atoms with Gasteiger partial charge in [-0.05, 0) is 80.9 Å². The molecular formula is C32H31FN4O4S. The quantitative estimate of drug-likeness (QED) is 0.240. The van der Waals surface area contributed by atoms with Gasteiger partial charge in [-0.1, -0.05) is 32.0 Å². The van der Waals surface area contributed by atoms with Crippen LogP contribution in [0.2, 0.25) is 0 Å². The molecule has 3 heterocycles. The lowest BCUT2D eigenvalue weighted by Crippen LogP contribution is -2.32. The summed E-state index contributed by atoms with van der Waals surface area (Å²) in [5, 5.41) is 11.3. The molecule has 0 bridgehead atoms. The van der Waals surface area contributed by atoms with Gasteiger partial charge in [0.05, 0.1) is 39.4 Å². The SMILES string of the molecule is CC(C)COc1cc2c(=O)c3c4ccc(C#N)cc4[nH]c3n(C3CCN(C)CC3)c2cc1-c1cccc(S(=O)(=O)F)c1. The van der Waals surface area contributed by atoms with Crippen molar-refractivity contribution in [2.45, 2.75) is 37.6 Å². The molecule has 0 spiro atoms. The third-order valence-corrected chi connectivity index (χ3v) is 8.85. The van der Waals surface area contributed by atoms with E-state index in [-0.39, 0.29) is 17.4 Å². The second-order valence-corrected chi connectivity index (χ2v) is 12.8. The zero-order valence-corrected chi connectivity index (χ0v) is 24.5. The maximum Gasteiger partial charge on any atom is 0.332 e. The number of ether oxygens (including phenoxy) is 1. The van der Waals surface area contributed by atoms with Crippen molar-refractivity contribution in [1.29, 1.82) is 5.26 Å². The minimum absolute atomic E-state index is 0.0723. The summed E-state index contributed by atoms with van der Waals surface area (Å²) in [5.74, 6) is 0.606. The Bertz CT molecular complexity index is 2070. The van der Waals surface area contributed by atoms with Gasteiger partial charge in [0.15, 0.2) is 5.43 Å². The van der Waals surface area contributed by atoms with Gasteiger partial charge in [0.2, 0.25) is 0 Å². The van der Waals surface area contributed by atoms with Crippen LogP contribution < -0.4 is 10.2 Å². The Morgan fingerprint density at radius 2 is 1.86 bits per heavy atom. The largest absolute Gasteiger partial charge is 0.493 e. The molecule has 0 aliphatic carbocycles. The molecule has 1 N–H and O–H groups in total. The van der Waals surface area contributed by atoms with Gasteiger partial charge in [-0.2, -0.15) is 13.7 Å². The summed E-state index contributed by atoms with van der Waals surface area (Å²) in [6.07, 6.45) is 1.72. The van der Waals surface area contributed by atoms with E-state index in [1.165, 1.54) is 18.2 Å². The molecule has 0 amide bonds. The van der Waals surface area contributed by atoms with E-state index in [0.717, 1.165) is 31.3 Å². The van der Waals surface area contributed by atoms with E-state index in [9.17, 15) is 22.4 Å². The molecule has 3 aromatic carbocycles. The van der Waals surface area contributed by atoms with E-state index in [4.69, 9.17) is 4.74 Å². The molecular weight excluding hydrogens is 555 g/mol. The molecule has 10 heteroatoms. The number of halogens is 1. The average molecular weight is 587 g/mol. The summed E-state index contributed by atoms with van der Waals surface area (Å²) in [6, 6.07) is 16.8. The highest BCUT2D eigenvalue weighted by Gasteiger charge is 2.26. The highest BCUT2D eigenvalue weighted by molar-refractivity contribution is 7.86. The number of hydrogen-bond donors (Lipinski definition) is 1. The minimum atomic E-state index is -4.93. The number of pyridine rings is 1. The summed E-state index contributed by atoms with van der Waals surface area (Å²) in [7, 11) is -2.84. The molecule has 2 aromatic heterocycles. The van der Waals surface area contributed by atoms with Crippen molar-refractivity contribution in [3.05, 3.63) is 70.4 Å². The molecule has 0 saturated carbocycles. The molecule has 42 heavy (non-hydrogen) atoms. The fourth-order valence-corrected chi connectivity index (χ4v) is 6.43. The summed E-state index contributed by atoms with van der Waals surface area (Å²) < 4.78 is 45.9. The summed E-state index contributed by atoms with van der Waals surface area (Å²) in [4.78, 5) is 19.5. The van der Waals surface area contributed by atoms with Crippen molar-refractivity contribution in [3.8, 4) is 22.9 Å². The van der Waals surface area contributed by atoms with Crippen molar-refractivity contribution in [1.82, 2.24) is 14.5 Å². The van der Waals surface area contributed by atoms with Crippen LogP contribution in [0.25, 0.3) is 44.0 Å². The van der Waals surface area contributed by atoms with Gasteiger partial charge in [0, 0.05) is 22.5 Å². The van der Waals surface area contributed by atoms with Crippen molar-refractivity contribution in [3.63, 3.8) is 0 Å². The lowest BCUT2D eigenvalue weighted by atomic mass is 9.98. The van der Waals surface area contributed by atoms with Gasteiger partial charge in [-0.15, -0.1) is 3.89 Å². The summed E-state index contributed by atoms with van der Waals surface area (Å²) >= 11 is 0. The first-order chi connectivity index (χ1) is 20.0. The van der Waals surface area contributed by atoms with Gasteiger partial charge in [-0.25, -0.2) is 0 Å². The van der Waals surface area contributed by atoms with E-state index in [0.29, 0.717) is 56.5 Å². The van der Waals surface area contributed by atoms with Crippen molar-refractivity contribution in [2.24, 2.45) is 5.92 Å².